The van der Waals surface area contributed by atoms with E-state index in [1.807, 2.05) is 78.4 Å². The molecule has 5 heteroatoms. The summed E-state index contributed by atoms with van der Waals surface area (Å²) >= 11 is 6.44. The molecule has 0 aromatic heterocycles. The minimum absolute atomic E-state index is 0.369. The fourth-order valence-electron chi connectivity index (χ4n) is 3.01. The Kier molecular flexibility index (Phi) is 5.13. The molecule has 25 heavy (non-hydrogen) atoms. The summed E-state index contributed by atoms with van der Waals surface area (Å²) in [6.45, 7) is 2.89. The van der Waals surface area contributed by atoms with E-state index in [0.717, 1.165) is 11.1 Å². The Balaban J connectivity index is 2.11. The van der Waals surface area contributed by atoms with Crippen LogP contribution in [0.1, 0.15) is 18.1 Å². The topological polar surface area (TPSA) is 41.6 Å². The van der Waals surface area contributed by atoms with E-state index in [-0.39, 0.29) is 0 Å². The molecular formula is C20H19ClN2O2. The lowest BCUT2D eigenvalue weighted by Crippen LogP contribution is -2.48. The largest absolute Gasteiger partial charge is 0.477 e. The van der Waals surface area contributed by atoms with Gasteiger partial charge in [-0.05, 0) is 12.5 Å². The number of nitrogens with zero attached hydrogens (tertiary/aromatic N) is 1. The smallest absolute Gasteiger partial charge is 0.228 e. The summed E-state index contributed by atoms with van der Waals surface area (Å²) in [5.41, 5.74) is 1.01. The first-order valence-electron chi connectivity index (χ1n) is 8.11. The monoisotopic (exact) mass is 354 g/mol. The van der Waals surface area contributed by atoms with Gasteiger partial charge in [0, 0.05) is 12.1 Å². The second-order valence-electron chi connectivity index (χ2n) is 5.64. The Morgan fingerprint density at radius 1 is 1.16 bits per heavy atom. The van der Waals surface area contributed by atoms with Gasteiger partial charge in [-0.15, -0.1) is 0 Å². The maximum atomic E-state index is 11.4. The average Bonchev–Trinajstić information content (AvgIpc) is 2.90. The summed E-state index contributed by atoms with van der Waals surface area (Å²) in [5.74, 6) is 2.44. The van der Waals surface area contributed by atoms with Crippen molar-refractivity contribution in [2.45, 2.75) is 19.1 Å². The molecular weight excluding hydrogens is 336 g/mol. The van der Waals surface area contributed by atoms with E-state index < -0.39 is 5.66 Å². The third kappa shape index (κ3) is 3.27. The van der Waals surface area contributed by atoms with Crippen LogP contribution in [0.2, 0.25) is 0 Å². The van der Waals surface area contributed by atoms with E-state index in [2.05, 4.69) is 5.32 Å². The van der Waals surface area contributed by atoms with Crippen molar-refractivity contribution in [3.05, 3.63) is 88.9 Å². The first-order chi connectivity index (χ1) is 12.2. The van der Waals surface area contributed by atoms with Gasteiger partial charge in [-0.3, -0.25) is 0 Å². The standard InChI is InChI=1S/C20H19ClN2O2/c1-2-25-19-18(21)22-20(13-14-24,17-11-7-4-8-12-17)23(19)15-16-9-5-3-6-10-16/h3-13,22H,2,15H2,1H3. The molecule has 128 valence electrons. The van der Waals surface area contributed by atoms with Crippen molar-refractivity contribution >= 4 is 17.5 Å². The van der Waals surface area contributed by atoms with Crippen LogP contribution < -0.4 is 5.32 Å². The molecule has 1 aliphatic rings. The predicted molar refractivity (Wildman–Crippen MR) is 98.0 cm³/mol. The molecule has 0 spiro atoms. The van der Waals surface area contributed by atoms with Gasteiger partial charge in [0.05, 0.1) is 12.7 Å². The fourth-order valence-corrected chi connectivity index (χ4v) is 3.31. The average molecular weight is 355 g/mol. The Labute approximate surface area is 152 Å². The van der Waals surface area contributed by atoms with Gasteiger partial charge >= 0.3 is 0 Å². The number of rotatable bonds is 6. The van der Waals surface area contributed by atoms with Crippen molar-refractivity contribution in [1.29, 1.82) is 0 Å². The number of nitrogens with one attached hydrogen (secondary N) is 1. The maximum Gasteiger partial charge on any atom is 0.228 e. The van der Waals surface area contributed by atoms with Gasteiger partial charge < -0.3 is 15.0 Å². The lowest BCUT2D eigenvalue weighted by Gasteiger charge is -2.38. The van der Waals surface area contributed by atoms with E-state index in [0.29, 0.717) is 24.2 Å². The normalized spacial score (nSPS) is 19.4. The molecule has 1 N–H and O–H groups in total. The summed E-state index contributed by atoms with van der Waals surface area (Å²) in [5, 5.41) is 3.59. The van der Waals surface area contributed by atoms with Gasteiger partial charge in [-0.1, -0.05) is 72.3 Å². The van der Waals surface area contributed by atoms with Crippen LogP contribution in [0.4, 0.5) is 0 Å². The van der Waals surface area contributed by atoms with Crippen molar-refractivity contribution in [3.63, 3.8) is 0 Å². The second-order valence-corrected chi connectivity index (χ2v) is 6.02. The lowest BCUT2D eigenvalue weighted by molar-refractivity contribution is 0.0667. The summed E-state index contributed by atoms with van der Waals surface area (Å²) in [6, 6.07) is 19.6. The second kappa shape index (κ2) is 7.47. The summed E-state index contributed by atoms with van der Waals surface area (Å²) in [4.78, 5) is 13.3. The molecule has 2 aromatic rings. The highest BCUT2D eigenvalue weighted by atomic mass is 35.5. The van der Waals surface area contributed by atoms with Gasteiger partial charge in [-0.2, -0.15) is 0 Å². The van der Waals surface area contributed by atoms with Gasteiger partial charge in [0.15, 0.2) is 10.8 Å². The molecule has 0 aliphatic carbocycles. The fraction of sp³-hybridized carbons (Fsp3) is 0.200. The summed E-state index contributed by atoms with van der Waals surface area (Å²) in [7, 11) is 0. The quantitative estimate of drug-likeness (QED) is 0.634. The number of hydrogen-bond donors (Lipinski definition) is 1. The zero-order valence-electron chi connectivity index (χ0n) is 13.9. The zero-order valence-corrected chi connectivity index (χ0v) is 14.7. The molecule has 4 nitrogen and oxygen atoms in total. The van der Waals surface area contributed by atoms with Crippen LogP contribution in [0, 0.1) is 0 Å². The number of ether oxygens (including phenoxy) is 1. The van der Waals surface area contributed by atoms with Gasteiger partial charge in [0.1, 0.15) is 5.94 Å². The highest BCUT2D eigenvalue weighted by Gasteiger charge is 2.46. The van der Waals surface area contributed by atoms with Crippen LogP contribution in [0.15, 0.2) is 77.8 Å². The van der Waals surface area contributed by atoms with Crippen molar-refractivity contribution < 1.29 is 9.53 Å². The minimum atomic E-state index is -0.944. The highest BCUT2D eigenvalue weighted by Crippen LogP contribution is 2.40. The highest BCUT2D eigenvalue weighted by molar-refractivity contribution is 6.29. The molecule has 1 atom stereocenters. The molecule has 0 saturated carbocycles. The first-order valence-corrected chi connectivity index (χ1v) is 8.49. The van der Waals surface area contributed by atoms with Crippen molar-refractivity contribution in [3.8, 4) is 0 Å². The Bertz CT molecular complexity index is 801. The van der Waals surface area contributed by atoms with Crippen molar-refractivity contribution in [2.24, 2.45) is 0 Å². The molecule has 0 saturated heterocycles. The van der Waals surface area contributed by atoms with Gasteiger partial charge in [0.2, 0.25) is 5.88 Å². The Morgan fingerprint density at radius 2 is 1.80 bits per heavy atom. The molecule has 1 unspecified atom stereocenters. The summed E-state index contributed by atoms with van der Waals surface area (Å²) in [6.07, 6.45) is 1.44. The van der Waals surface area contributed by atoms with Crippen molar-refractivity contribution in [2.75, 3.05) is 6.61 Å². The number of hydrogen-bond acceptors (Lipinski definition) is 4. The SMILES string of the molecule is CCOC1=C(Cl)NC(C=C=O)(c2ccccc2)N1Cc1ccccc1. The Morgan fingerprint density at radius 3 is 2.40 bits per heavy atom. The first kappa shape index (κ1) is 17.2. The molecule has 1 aliphatic heterocycles. The van der Waals surface area contributed by atoms with Crippen molar-refractivity contribution in [1.82, 2.24) is 10.2 Å². The van der Waals surface area contributed by atoms with E-state index in [1.165, 1.54) is 6.08 Å². The number of halogens is 1. The van der Waals surface area contributed by atoms with Crippen LogP contribution in [-0.2, 0) is 21.7 Å². The van der Waals surface area contributed by atoms with Crippen LogP contribution in [-0.4, -0.2) is 17.4 Å². The third-order valence-corrected chi connectivity index (χ3v) is 4.36. The van der Waals surface area contributed by atoms with Gasteiger partial charge in [0.25, 0.3) is 0 Å². The summed E-state index contributed by atoms with van der Waals surface area (Å²) < 4.78 is 5.78. The van der Waals surface area contributed by atoms with E-state index in [9.17, 15) is 4.79 Å². The molecule has 2 aromatic carbocycles. The van der Waals surface area contributed by atoms with Crippen LogP contribution in [0.25, 0.3) is 0 Å². The van der Waals surface area contributed by atoms with Crippen LogP contribution in [0.3, 0.4) is 0 Å². The van der Waals surface area contributed by atoms with Crippen LogP contribution >= 0.6 is 11.6 Å². The van der Waals surface area contributed by atoms with Gasteiger partial charge in [-0.25, -0.2) is 4.79 Å². The predicted octanol–water partition coefficient (Wildman–Crippen LogP) is 3.73. The molecule has 0 amide bonds. The van der Waals surface area contributed by atoms with E-state index >= 15 is 0 Å². The molecule has 0 bridgehead atoms. The molecule has 1 heterocycles. The van der Waals surface area contributed by atoms with E-state index in [1.54, 1.807) is 0 Å². The zero-order chi connectivity index (χ0) is 17.7. The Hall–Kier alpha value is -2.68. The minimum Gasteiger partial charge on any atom is -0.477 e. The third-order valence-electron chi connectivity index (χ3n) is 4.11. The molecule has 0 fully saturated rings. The number of carbonyl (C=O) groups excluding carboxylic acids is 1. The van der Waals surface area contributed by atoms with Crippen LogP contribution in [0.5, 0.6) is 0 Å². The van der Waals surface area contributed by atoms with E-state index in [4.69, 9.17) is 16.3 Å². The number of benzene rings is 2. The molecule has 0 radical (unpaired) electrons. The maximum absolute atomic E-state index is 11.4. The lowest BCUT2D eigenvalue weighted by atomic mass is 9.97. The molecule has 3 rings (SSSR count).